The molecular weight excluding hydrogens is 394 g/mol. The lowest BCUT2D eigenvalue weighted by Crippen LogP contribution is -2.12. The van der Waals surface area contributed by atoms with Crippen molar-refractivity contribution in [3.05, 3.63) is 82.7 Å². The zero-order valence-electron chi connectivity index (χ0n) is 14.8. The summed E-state index contributed by atoms with van der Waals surface area (Å²) in [6, 6.07) is 7.12. The summed E-state index contributed by atoms with van der Waals surface area (Å²) < 4.78 is 58.1. The Morgan fingerprint density at radius 3 is 2.52 bits per heavy atom. The molecule has 0 radical (unpaired) electrons. The summed E-state index contributed by atoms with van der Waals surface area (Å²) in [6.45, 7) is 1.51. The van der Waals surface area contributed by atoms with Crippen molar-refractivity contribution in [3.63, 3.8) is 0 Å². The van der Waals surface area contributed by atoms with Gasteiger partial charge >= 0.3 is 6.18 Å². The van der Waals surface area contributed by atoms with Crippen LogP contribution in [0.3, 0.4) is 0 Å². The average Bonchev–Trinajstić information content (AvgIpc) is 2.65. The number of carbonyl (C=O) groups is 1. The van der Waals surface area contributed by atoms with Gasteiger partial charge in [0.15, 0.2) is 0 Å². The number of rotatable bonds is 3. The third kappa shape index (κ3) is 4.78. The molecule has 1 aromatic heterocycles. The normalized spacial score (nSPS) is 12.1. The smallest absolute Gasteiger partial charge is 0.416 e. The van der Waals surface area contributed by atoms with E-state index in [0.29, 0.717) is 16.5 Å². The van der Waals surface area contributed by atoms with E-state index in [1.54, 1.807) is 0 Å². The number of aryl methyl sites for hydroxylation is 1. The summed E-state index contributed by atoms with van der Waals surface area (Å²) in [5, 5.41) is 12.7. The van der Waals surface area contributed by atoms with E-state index < -0.39 is 23.5 Å². The zero-order chi connectivity index (χ0) is 21.2. The first-order valence-corrected chi connectivity index (χ1v) is 8.12. The van der Waals surface area contributed by atoms with E-state index in [1.807, 2.05) is 0 Å². The second kappa shape index (κ2) is 7.74. The average molecular weight is 407 g/mol. The Hall–Kier alpha value is -3.69. The van der Waals surface area contributed by atoms with Crippen molar-refractivity contribution in [2.75, 3.05) is 0 Å². The van der Waals surface area contributed by atoms with Gasteiger partial charge in [0.1, 0.15) is 17.3 Å². The third-order valence-electron chi connectivity index (χ3n) is 3.81. The minimum atomic E-state index is -4.66. The quantitative estimate of drug-likeness (QED) is 0.524. The van der Waals surface area contributed by atoms with E-state index in [0.717, 1.165) is 36.7 Å². The van der Waals surface area contributed by atoms with E-state index in [2.05, 4.69) is 10.1 Å². The van der Waals surface area contributed by atoms with Crippen molar-refractivity contribution in [2.45, 2.75) is 13.1 Å². The van der Waals surface area contributed by atoms with E-state index in [9.17, 15) is 22.4 Å². The summed E-state index contributed by atoms with van der Waals surface area (Å²) in [7, 11) is 0. The van der Waals surface area contributed by atoms with E-state index >= 15 is 0 Å². The van der Waals surface area contributed by atoms with Gasteiger partial charge in [-0.1, -0.05) is 0 Å². The molecule has 0 aliphatic heterocycles. The van der Waals surface area contributed by atoms with Crippen molar-refractivity contribution in [3.8, 4) is 11.5 Å². The predicted molar refractivity (Wildman–Crippen MR) is 92.0 cm³/mol. The largest absolute Gasteiger partial charge is 0.456 e. The lowest BCUT2D eigenvalue weighted by atomic mass is 10.1. The van der Waals surface area contributed by atoms with E-state index in [1.165, 1.54) is 19.1 Å². The second-order valence-electron chi connectivity index (χ2n) is 5.94. The molecule has 6 nitrogen and oxygen atoms in total. The van der Waals surface area contributed by atoms with Crippen LogP contribution in [0.25, 0.3) is 0 Å². The summed E-state index contributed by atoms with van der Waals surface area (Å²) in [4.78, 5) is 16.8. The van der Waals surface area contributed by atoms with Crippen LogP contribution in [0, 0.1) is 12.7 Å². The highest BCUT2D eigenvalue weighted by atomic mass is 19.4. The van der Waals surface area contributed by atoms with Gasteiger partial charge in [-0.2, -0.15) is 13.2 Å². The summed E-state index contributed by atoms with van der Waals surface area (Å²) in [5.74, 6) is -1.72. The Balaban J connectivity index is 2.07. The first-order valence-electron chi connectivity index (χ1n) is 8.12. The number of hydrogen-bond donors (Lipinski definition) is 1. The molecule has 0 spiro atoms. The van der Waals surface area contributed by atoms with Crippen LogP contribution >= 0.6 is 0 Å². The highest BCUT2D eigenvalue weighted by Gasteiger charge is 2.32. The lowest BCUT2D eigenvalue weighted by Gasteiger charge is -2.14. The van der Waals surface area contributed by atoms with Crippen molar-refractivity contribution >= 4 is 5.91 Å². The summed E-state index contributed by atoms with van der Waals surface area (Å²) in [6.07, 6.45) is -2.45. The Morgan fingerprint density at radius 2 is 1.90 bits per heavy atom. The molecule has 1 N–H and O–H groups in total. The van der Waals surface area contributed by atoms with Crippen LogP contribution in [0.4, 0.5) is 17.6 Å². The summed E-state index contributed by atoms with van der Waals surface area (Å²) >= 11 is 0. The third-order valence-corrected chi connectivity index (χ3v) is 3.81. The Morgan fingerprint density at radius 1 is 1.14 bits per heavy atom. The highest BCUT2D eigenvalue weighted by Crippen LogP contribution is 2.36. The van der Waals surface area contributed by atoms with Gasteiger partial charge in [0.2, 0.25) is 0 Å². The van der Waals surface area contributed by atoms with Gasteiger partial charge in [-0.15, -0.1) is 9.94 Å². The van der Waals surface area contributed by atoms with E-state index in [4.69, 9.17) is 9.94 Å². The number of benzene rings is 2. The standard InChI is InChI=1S/C19H13F4N3O3/c1-11-8-13(20)3-5-16(11)29-17-9-12(19(21,22)23)2-4-15(17)18(27)25-14-6-7-26(28)24-10-14/h2-10,28H,1H3. The molecule has 1 amide bonds. The molecule has 150 valence electrons. The van der Waals surface area contributed by atoms with Crippen molar-refractivity contribution in [1.29, 1.82) is 0 Å². The minimum absolute atomic E-state index is 0.0733. The van der Waals surface area contributed by atoms with Gasteiger partial charge in [0, 0.05) is 0 Å². The number of carbonyl (C=O) groups excluding carboxylic acids is 1. The summed E-state index contributed by atoms with van der Waals surface area (Å²) in [5.41, 5.74) is -0.925. The number of alkyl halides is 3. The first kappa shape index (κ1) is 20.1. The number of halogens is 4. The van der Waals surface area contributed by atoms with Crippen LogP contribution in [0.2, 0.25) is 0 Å². The molecule has 0 saturated heterocycles. The lowest BCUT2D eigenvalue weighted by molar-refractivity contribution is -0.137. The van der Waals surface area contributed by atoms with Gasteiger partial charge < -0.3 is 9.94 Å². The molecule has 0 aliphatic rings. The molecule has 3 aromatic rings. The molecule has 2 aromatic carbocycles. The fourth-order valence-corrected chi connectivity index (χ4v) is 2.39. The molecule has 0 bridgehead atoms. The molecule has 1 heterocycles. The fraction of sp³-hybridized carbons (Fsp3) is 0.105. The maximum atomic E-state index is 13.3. The second-order valence-corrected chi connectivity index (χ2v) is 5.94. The monoisotopic (exact) mass is 407 g/mol. The molecule has 3 rings (SSSR count). The SMILES string of the molecule is Cc1cc(F)ccc1Oc1cc(C(F)(F)F)ccc1C(=O)N=c1ccn(O)nc1. The van der Waals surface area contributed by atoms with Gasteiger partial charge in [-0.05, 0) is 55.0 Å². The molecule has 0 atom stereocenters. The molecule has 0 aliphatic carbocycles. The molecule has 0 unspecified atom stereocenters. The van der Waals surface area contributed by atoms with Crippen molar-refractivity contribution in [1.82, 2.24) is 9.94 Å². The van der Waals surface area contributed by atoms with Gasteiger partial charge in [-0.3, -0.25) is 4.79 Å². The first-order chi connectivity index (χ1) is 13.6. The number of ether oxygens (including phenoxy) is 1. The van der Waals surface area contributed by atoms with Crippen molar-refractivity contribution in [2.24, 2.45) is 4.99 Å². The van der Waals surface area contributed by atoms with E-state index in [-0.39, 0.29) is 22.4 Å². The van der Waals surface area contributed by atoms with Crippen molar-refractivity contribution < 1.29 is 32.3 Å². The van der Waals surface area contributed by atoms with Crippen LogP contribution in [-0.2, 0) is 6.18 Å². The Kier molecular flexibility index (Phi) is 5.35. The number of hydrogen-bond acceptors (Lipinski definition) is 4. The zero-order valence-corrected chi connectivity index (χ0v) is 14.8. The van der Waals surface area contributed by atoms with Crippen LogP contribution in [0.15, 0.2) is 59.9 Å². The van der Waals surface area contributed by atoms with Gasteiger partial charge in [-0.25, -0.2) is 9.38 Å². The van der Waals surface area contributed by atoms with Crippen LogP contribution < -0.4 is 10.1 Å². The Bertz CT molecular complexity index is 1120. The van der Waals surface area contributed by atoms with Crippen LogP contribution in [0.5, 0.6) is 11.5 Å². The van der Waals surface area contributed by atoms with Gasteiger partial charge in [0.05, 0.1) is 28.9 Å². The minimum Gasteiger partial charge on any atom is -0.456 e. The molecule has 0 saturated carbocycles. The highest BCUT2D eigenvalue weighted by molar-refractivity contribution is 5.97. The Labute approximate surface area is 161 Å². The molecule has 0 fully saturated rings. The number of nitrogens with zero attached hydrogens (tertiary/aromatic N) is 3. The van der Waals surface area contributed by atoms with Gasteiger partial charge in [0.25, 0.3) is 5.91 Å². The fourth-order valence-electron chi connectivity index (χ4n) is 2.39. The molecule has 10 heteroatoms. The number of amides is 1. The van der Waals surface area contributed by atoms with Crippen LogP contribution in [0.1, 0.15) is 21.5 Å². The topological polar surface area (TPSA) is 76.7 Å². The number of aromatic nitrogens is 2. The predicted octanol–water partition coefficient (Wildman–Crippen LogP) is 4.12. The molecular formula is C19H13F4N3O3. The maximum Gasteiger partial charge on any atom is 0.416 e. The molecule has 29 heavy (non-hydrogen) atoms. The van der Waals surface area contributed by atoms with Crippen LogP contribution in [-0.4, -0.2) is 21.1 Å². The maximum absolute atomic E-state index is 13.3.